The van der Waals surface area contributed by atoms with Gasteiger partial charge in [-0.15, -0.1) is 0 Å². The summed E-state index contributed by atoms with van der Waals surface area (Å²) in [6.45, 7) is 2.50. The van der Waals surface area contributed by atoms with E-state index >= 15 is 0 Å². The van der Waals surface area contributed by atoms with E-state index in [9.17, 15) is 0 Å². The van der Waals surface area contributed by atoms with Crippen LogP contribution in [-0.2, 0) is 6.54 Å². The summed E-state index contributed by atoms with van der Waals surface area (Å²) < 4.78 is 14.6. The van der Waals surface area contributed by atoms with Crippen molar-refractivity contribution in [3.8, 4) is 28.8 Å². The van der Waals surface area contributed by atoms with Crippen LogP contribution in [0.4, 0.5) is 0 Å². The average molecular weight is 469 g/mol. The lowest BCUT2D eigenvalue weighted by Gasteiger charge is -2.11. The Bertz CT molecular complexity index is 1520. The molecule has 0 unspecified atom stereocenters. The monoisotopic (exact) mass is 468 g/mol. The molecular formula is C25H24N8O2. The number of hydrogen-bond donors (Lipinski definition) is 0. The van der Waals surface area contributed by atoms with Crippen LogP contribution in [-0.4, -0.2) is 53.7 Å². The van der Waals surface area contributed by atoms with Crippen LogP contribution in [0.15, 0.2) is 49.1 Å². The van der Waals surface area contributed by atoms with E-state index in [1.807, 2.05) is 29.8 Å². The van der Waals surface area contributed by atoms with E-state index in [4.69, 9.17) is 14.5 Å². The maximum absolute atomic E-state index is 5.53. The van der Waals surface area contributed by atoms with Gasteiger partial charge in [0.15, 0.2) is 11.5 Å². The summed E-state index contributed by atoms with van der Waals surface area (Å²) >= 11 is 0. The maximum Gasteiger partial charge on any atom is 0.227 e. The van der Waals surface area contributed by atoms with Crippen LogP contribution in [0.2, 0.25) is 0 Å². The number of aromatic nitrogens is 8. The third-order valence-electron chi connectivity index (χ3n) is 6.12. The van der Waals surface area contributed by atoms with Crippen molar-refractivity contribution in [3.05, 3.63) is 66.0 Å². The molecule has 10 nitrogen and oxygen atoms in total. The highest BCUT2D eigenvalue weighted by atomic mass is 16.5. The molecule has 0 saturated heterocycles. The molecule has 10 heteroatoms. The van der Waals surface area contributed by atoms with Crippen LogP contribution in [0.3, 0.4) is 0 Å². The molecule has 0 aliphatic heterocycles. The van der Waals surface area contributed by atoms with E-state index in [1.54, 1.807) is 37.6 Å². The zero-order valence-corrected chi connectivity index (χ0v) is 19.7. The molecule has 5 aromatic rings. The molecule has 4 aromatic heterocycles. The Balaban J connectivity index is 1.33. The smallest absolute Gasteiger partial charge is 0.227 e. The van der Waals surface area contributed by atoms with E-state index < -0.39 is 0 Å². The fraction of sp³-hybridized carbons (Fsp3) is 0.280. The minimum absolute atomic E-state index is 0.404. The van der Waals surface area contributed by atoms with E-state index in [-0.39, 0.29) is 0 Å². The van der Waals surface area contributed by atoms with Crippen LogP contribution < -0.4 is 9.47 Å². The third-order valence-corrected chi connectivity index (χ3v) is 6.12. The van der Waals surface area contributed by atoms with Crippen molar-refractivity contribution in [2.75, 3.05) is 14.2 Å². The van der Waals surface area contributed by atoms with Gasteiger partial charge < -0.3 is 9.47 Å². The topological polar surface area (TPSA) is 106 Å². The van der Waals surface area contributed by atoms with Crippen molar-refractivity contribution in [3.63, 3.8) is 0 Å². The summed E-state index contributed by atoms with van der Waals surface area (Å²) in [6, 6.07) is 10.1. The first-order valence-corrected chi connectivity index (χ1v) is 11.4. The Morgan fingerprint density at radius 1 is 1.00 bits per heavy atom. The molecule has 0 N–H and O–H groups in total. The van der Waals surface area contributed by atoms with Gasteiger partial charge in [-0.1, -0.05) is 12.1 Å². The number of aryl methyl sites for hydroxylation is 1. The minimum atomic E-state index is 0.404. The second kappa shape index (κ2) is 8.46. The van der Waals surface area contributed by atoms with Crippen molar-refractivity contribution in [1.82, 2.24) is 39.5 Å². The van der Waals surface area contributed by atoms with Crippen LogP contribution in [0.1, 0.15) is 35.7 Å². The number of ether oxygens (including phenoxy) is 2. The summed E-state index contributed by atoms with van der Waals surface area (Å²) in [4.78, 5) is 18.3. The van der Waals surface area contributed by atoms with Crippen LogP contribution in [0, 0.1) is 6.92 Å². The van der Waals surface area contributed by atoms with E-state index in [1.165, 1.54) is 0 Å². The fourth-order valence-corrected chi connectivity index (χ4v) is 4.24. The highest BCUT2D eigenvalue weighted by molar-refractivity contribution is 5.77. The Hall–Kier alpha value is -4.34. The van der Waals surface area contributed by atoms with Gasteiger partial charge in [-0.25, -0.2) is 29.3 Å². The molecule has 176 valence electrons. The number of fused-ring (bicyclic) bond motifs is 1. The number of nitrogens with zero attached hydrogens (tertiary/aromatic N) is 8. The SMILES string of the molecule is COc1ncnc(C2CC2)c1-c1ncc2cnn(Cc3ccc(-n4nc(C)cc4OC)cc3)c2n1. The predicted molar refractivity (Wildman–Crippen MR) is 129 cm³/mol. The van der Waals surface area contributed by atoms with Crippen molar-refractivity contribution in [2.24, 2.45) is 0 Å². The molecule has 1 aliphatic carbocycles. The number of benzene rings is 1. The summed E-state index contributed by atoms with van der Waals surface area (Å²) in [5.74, 6) is 2.15. The Morgan fingerprint density at radius 3 is 2.57 bits per heavy atom. The molecule has 0 atom stereocenters. The zero-order valence-electron chi connectivity index (χ0n) is 19.7. The predicted octanol–water partition coefficient (Wildman–Crippen LogP) is 3.72. The molecule has 1 aromatic carbocycles. The van der Waals surface area contributed by atoms with Crippen LogP contribution in [0.5, 0.6) is 11.8 Å². The van der Waals surface area contributed by atoms with E-state index in [0.29, 0.717) is 30.0 Å². The normalized spacial score (nSPS) is 13.3. The second-order valence-corrected chi connectivity index (χ2v) is 8.60. The Kier molecular flexibility index (Phi) is 5.13. The van der Waals surface area contributed by atoms with Gasteiger partial charge in [-0.05, 0) is 37.5 Å². The lowest BCUT2D eigenvalue weighted by atomic mass is 10.1. The first-order valence-electron chi connectivity index (χ1n) is 11.4. The van der Waals surface area contributed by atoms with Crippen LogP contribution in [0.25, 0.3) is 28.1 Å². The first-order chi connectivity index (χ1) is 17.1. The average Bonchev–Trinajstić information content (AvgIpc) is 3.57. The molecule has 6 rings (SSSR count). The van der Waals surface area contributed by atoms with Gasteiger partial charge in [0.25, 0.3) is 0 Å². The number of hydrogen-bond acceptors (Lipinski definition) is 8. The quantitative estimate of drug-likeness (QED) is 0.356. The Labute approximate surface area is 201 Å². The molecule has 1 saturated carbocycles. The molecule has 35 heavy (non-hydrogen) atoms. The van der Waals surface area contributed by atoms with Crippen molar-refractivity contribution >= 4 is 11.0 Å². The van der Waals surface area contributed by atoms with Crippen molar-refractivity contribution in [1.29, 1.82) is 0 Å². The molecule has 0 bridgehead atoms. The van der Waals surface area contributed by atoms with E-state index in [2.05, 4.69) is 37.3 Å². The summed E-state index contributed by atoms with van der Waals surface area (Å²) in [5, 5.41) is 9.94. The van der Waals surface area contributed by atoms with Gasteiger partial charge in [0.1, 0.15) is 11.9 Å². The summed E-state index contributed by atoms with van der Waals surface area (Å²) in [7, 11) is 3.25. The minimum Gasteiger partial charge on any atom is -0.481 e. The summed E-state index contributed by atoms with van der Waals surface area (Å²) in [6.07, 6.45) is 7.33. The van der Waals surface area contributed by atoms with Gasteiger partial charge in [0, 0.05) is 18.2 Å². The molecule has 4 heterocycles. The third kappa shape index (κ3) is 3.86. The molecule has 0 radical (unpaired) electrons. The molecular weight excluding hydrogens is 444 g/mol. The lowest BCUT2D eigenvalue weighted by Crippen LogP contribution is -2.06. The second-order valence-electron chi connectivity index (χ2n) is 8.60. The summed E-state index contributed by atoms with van der Waals surface area (Å²) in [5.41, 5.74) is 5.37. The standard InChI is InChI=1S/C25H24N8O2/c1-15-10-20(34-2)33(31-15)19-8-4-16(5-9-19)13-32-24-18(12-29-32)11-26-23(30-24)21-22(17-6-7-17)27-14-28-25(21)35-3/h4-5,8-12,14,17H,6-7,13H2,1-3H3. The van der Waals surface area contributed by atoms with Gasteiger partial charge in [0.05, 0.1) is 49.4 Å². The number of rotatable bonds is 7. The van der Waals surface area contributed by atoms with Gasteiger partial charge in [-0.2, -0.15) is 10.2 Å². The largest absolute Gasteiger partial charge is 0.481 e. The van der Waals surface area contributed by atoms with Crippen molar-refractivity contribution in [2.45, 2.75) is 32.2 Å². The van der Waals surface area contributed by atoms with Gasteiger partial charge >= 0.3 is 0 Å². The molecule has 1 fully saturated rings. The first kappa shape index (κ1) is 21.2. The zero-order chi connectivity index (χ0) is 23.9. The van der Waals surface area contributed by atoms with Gasteiger partial charge in [0.2, 0.25) is 11.8 Å². The van der Waals surface area contributed by atoms with Crippen LogP contribution >= 0.6 is 0 Å². The van der Waals surface area contributed by atoms with E-state index in [0.717, 1.165) is 52.1 Å². The molecule has 0 amide bonds. The molecule has 0 spiro atoms. The highest BCUT2D eigenvalue weighted by Gasteiger charge is 2.31. The molecule has 1 aliphatic rings. The van der Waals surface area contributed by atoms with Gasteiger partial charge in [-0.3, -0.25) is 0 Å². The fourth-order valence-electron chi connectivity index (χ4n) is 4.24. The Morgan fingerprint density at radius 2 is 1.83 bits per heavy atom. The number of methoxy groups -OCH3 is 2. The lowest BCUT2D eigenvalue weighted by molar-refractivity contribution is 0.383. The maximum atomic E-state index is 5.53. The van der Waals surface area contributed by atoms with Crippen molar-refractivity contribution < 1.29 is 9.47 Å². The highest BCUT2D eigenvalue weighted by Crippen LogP contribution is 2.44.